The molecule has 11 N–H and O–H groups in total. The molecule has 19 heteroatoms. The lowest BCUT2D eigenvalue weighted by atomic mass is 9.94. The lowest BCUT2D eigenvalue weighted by Crippen LogP contribution is -2.68. The summed E-state index contributed by atoms with van der Waals surface area (Å²) in [5.74, 6) is 4.41. The average molecular weight is 616 g/mol. The van der Waals surface area contributed by atoms with E-state index >= 15 is 0 Å². The summed E-state index contributed by atoms with van der Waals surface area (Å²) in [5, 5.41) is 85.4. The van der Waals surface area contributed by atoms with E-state index in [0.29, 0.717) is 0 Å². The smallest absolute Gasteiger partial charge is 0.217 e. The number of hydrogen-bond acceptors (Lipinski definition) is 18. The van der Waals surface area contributed by atoms with E-state index in [9.17, 15) is 45.6 Å². The zero-order chi connectivity index (χ0) is 31.3. The summed E-state index contributed by atoms with van der Waals surface area (Å²) in [6.45, 7) is 0.285. The van der Waals surface area contributed by atoms with E-state index in [1.54, 1.807) is 0 Å². The largest absolute Gasteiger partial charge is 0.397 e. The number of methoxy groups -OCH3 is 1. The van der Waals surface area contributed by atoms with Crippen molar-refractivity contribution in [3.63, 3.8) is 0 Å². The van der Waals surface area contributed by atoms with Gasteiger partial charge in [-0.2, -0.15) is 5.90 Å². The fourth-order valence-electron chi connectivity index (χ4n) is 5.10. The number of aliphatic hydroxyl groups is 8. The van der Waals surface area contributed by atoms with Crippen LogP contribution in [-0.4, -0.2) is 172 Å². The van der Waals surface area contributed by atoms with Gasteiger partial charge in [-0.1, -0.05) is 0 Å². The van der Waals surface area contributed by atoms with Crippen LogP contribution in [-0.2, 0) is 38.1 Å². The number of amides is 1. The Balaban J connectivity index is 1.92. The SMILES string of the molecule is CO[C@H]1[C@@H](O)[C@@H](CO)O[C@@H](O[C@H]2[C@H](O)[C@@H](N=C(C)ON)[C@H](O[C@H]3[C@@H](O)[C@@H](CO)O[C@@H](O)[C@@H]3NC(C)=O)O[C@@H]2CO)[C@@H]1O. The van der Waals surface area contributed by atoms with Crippen molar-refractivity contribution in [2.75, 3.05) is 26.9 Å². The summed E-state index contributed by atoms with van der Waals surface area (Å²) in [6, 6.07) is -2.85. The maximum atomic E-state index is 11.8. The molecule has 0 aliphatic carbocycles. The van der Waals surface area contributed by atoms with Crippen molar-refractivity contribution in [2.24, 2.45) is 10.9 Å². The Kier molecular flexibility index (Phi) is 12.7. The number of nitrogens with one attached hydrogen (secondary N) is 1. The van der Waals surface area contributed by atoms with Crippen LogP contribution in [0.15, 0.2) is 4.99 Å². The van der Waals surface area contributed by atoms with Gasteiger partial charge in [0, 0.05) is 21.0 Å². The van der Waals surface area contributed by atoms with Crippen molar-refractivity contribution in [2.45, 2.75) is 106 Å². The highest BCUT2D eigenvalue weighted by molar-refractivity contribution is 5.73. The zero-order valence-corrected chi connectivity index (χ0v) is 23.1. The summed E-state index contributed by atoms with van der Waals surface area (Å²) in [7, 11) is 1.21. The zero-order valence-electron chi connectivity index (χ0n) is 23.1. The van der Waals surface area contributed by atoms with Gasteiger partial charge < -0.3 is 79.4 Å². The summed E-state index contributed by atoms with van der Waals surface area (Å²) in [4.78, 5) is 20.6. The van der Waals surface area contributed by atoms with E-state index in [4.69, 9.17) is 34.3 Å². The van der Waals surface area contributed by atoms with Crippen LogP contribution in [0.3, 0.4) is 0 Å². The normalized spacial score (nSPS) is 45.0. The fraction of sp³-hybridized carbons (Fsp3) is 0.913. The summed E-state index contributed by atoms with van der Waals surface area (Å²) < 4.78 is 33.3. The first-order valence-electron chi connectivity index (χ1n) is 13.1. The van der Waals surface area contributed by atoms with Crippen molar-refractivity contribution < 1.29 is 78.9 Å². The highest BCUT2D eigenvalue weighted by Gasteiger charge is 2.54. The molecule has 15 atom stereocenters. The summed E-state index contributed by atoms with van der Waals surface area (Å²) in [5.41, 5.74) is 0. The Morgan fingerprint density at radius 2 is 1.33 bits per heavy atom. The molecule has 19 nitrogen and oxygen atoms in total. The molecule has 3 aliphatic rings. The van der Waals surface area contributed by atoms with E-state index in [1.807, 2.05) is 0 Å². The molecule has 3 saturated heterocycles. The molecule has 0 spiro atoms. The maximum absolute atomic E-state index is 11.8. The molecule has 0 unspecified atom stereocenters. The summed E-state index contributed by atoms with van der Waals surface area (Å²) in [6.07, 6.45) is -19.6. The second-order valence-corrected chi connectivity index (χ2v) is 10.0. The minimum Gasteiger partial charge on any atom is -0.397 e. The highest BCUT2D eigenvalue weighted by Crippen LogP contribution is 2.33. The molecule has 0 saturated carbocycles. The van der Waals surface area contributed by atoms with E-state index < -0.39 is 118 Å². The Labute approximate surface area is 240 Å². The van der Waals surface area contributed by atoms with Gasteiger partial charge in [-0.15, -0.1) is 0 Å². The van der Waals surface area contributed by atoms with Gasteiger partial charge in [0.15, 0.2) is 18.9 Å². The first-order chi connectivity index (χ1) is 19.9. The average Bonchev–Trinajstić information content (AvgIpc) is 2.96. The lowest BCUT2D eigenvalue weighted by molar-refractivity contribution is -0.358. The standard InChI is InChI=1S/C23H41N3O16/c1-7(30)25-13-19(14(31)9(4-27)37-21(13)35)41-22-12(26-8(2)42-24)16(33)18(11(6-29)39-22)40-23-17(34)20(36-3)15(32)10(5-28)38-23/h9-23,27-29,31-35H,4-6,24H2,1-3H3,(H,25,30)/t9-,10-,11-,12-,13-,14+,15+,16-,17-,18-,19-,20+,21-,22+,23+/m1/s1. The Morgan fingerprint density at radius 1 is 0.786 bits per heavy atom. The van der Waals surface area contributed by atoms with E-state index in [2.05, 4.69) is 15.1 Å². The van der Waals surface area contributed by atoms with E-state index in [0.717, 1.165) is 6.92 Å². The number of aliphatic hydroxyl groups excluding tert-OH is 8. The molecule has 0 aromatic heterocycles. The molecular formula is C23H41N3O16. The summed E-state index contributed by atoms with van der Waals surface area (Å²) >= 11 is 0. The molecule has 3 rings (SSSR count). The predicted octanol–water partition coefficient (Wildman–Crippen LogP) is -6.46. The van der Waals surface area contributed by atoms with Gasteiger partial charge in [0.25, 0.3) is 0 Å². The second-order valence-electron chi connectivity index (χ2n) is 10.0. The van der Waals surface area contributed by atoms with Crippen LogP contribution in [0.4, 0.5) is 0 Å². The van der Waals surface area contributed by atoms with Crippen LogP contribution in [0.25, 0.3) is 0 Å². The fourth-order valence-corrected chi connectivity index (χ4v) is 5.10. The van der Waals surface area contributed by atoms with Gasteiger partial charge in [0.2, 0.25) is 11.8 Å². The van der Waals surface area contributed by atoms with Crippen molar-refractivity contribution in [3.05, 3.63) is 0 Å². The molecular weight excluding hydrogens is 574 g/mol. The number of hydrogen-bond donors (Lipinski definition) is 10. The number of ether oxygens (including phenoxy) is 6. The van der Waals surface area contributed by atoms with Crippen molar-refractivity contribution in [3.8, 4) is 0 Å². The van der Waals surface area contributed by atoms with Crippen molar-refractivity contribution in [1.29, 1.82) is 0 Å². The number of rotatable bonds is 10. The molecule has 0 radical (unpaired) electrons. The van der Waals surface area contributed by atoms with Gasteiger partial charge in [0.05, 0.1) is 19.8 Å². The maximum Gasteiger partial charge on any atom is 0.217 e. The quantitative estimate of drug-likeness (QED) is 0.0620. The molecule has 1 amide bonds. The number of carbonyl (C=O) groups is 1. The van der Waals surface area contributed by atoms with Crippen LogP contribution in [0, 0.1) is 0 Å². The van der Waals surface area contributed by atoms with Gasteiger partial charge in [-0.05, 0) is 0 Å². The van der Waals surface area contributed by atoms with Gasteiger partial charge in [-0.3, -0.25) is 4.79 Å². The minimum absolute atomic E-state index is 0.173. The van der Waals surface area contributed by atoms with Crippen LogP contribution in [0.2, 0.25) is 0 Å². The third-order valence-electron chi connectivity index (χ3n) is 7.24. The molecule has 3 heterocycles. The molecule has 244 valence electrons. The van der Waals surface area contributed by atoms with Crippen LogP contribution in [0.5, 0.6) is 0 Å². The lowest BCUT2D eigenvalue weighted by Gasteiger charge is -2.48. The Bertz CT molecular complexity index is 902. The second kappa shape index (κ2) is 15.4. The number of aliphatic imine (C=N–C) groups is 1. The van der Waals surface area contributed by atoms with Gasteiger partial charge in [-0.25, -0.2) is 4.99 Å². The minimum atomic E-state index is -1.73. The monoisotopic (exact) mass is 615 g/mol. The van der Waals surface area contributed by atoms with Crippen LogP contribution in [0.1, 0.15) is 13.8 Å². The first kappa shape index (κ1) is 34.8. The van der Waals surface area contributed by atoms with Gasteiger partial charge >= 0.3 is 0 Å². The van der Waals surface area contributed by atoms with Crippen LogP contribution >= 0.6 is 0 Å². The number of carbonyl (C=O) groups excluding carboxylic acids is 1. The number of nitrogens with zero attached hydrogens (tertiary/aromatic N) is 1. The third kappa shape index (κ3) is 7.52. The Hall–Kier alpha value is -1.66. The third-order valence-corrected chi connectivity index (χ3v) is 7.24. The molecule has 0 bridgehead atoms. The van der Waals surface area contributed by atoms with Crippen molar-refractivity contribution in [1.82, 2.24) is 5.32 Å². The van der Waals surface area contributed by atoms with Crippen LogP contribution < -0.4 is 11.2 Å². The highest BCUT2D eigenvalue weighted by atomic mass is 16.7. The van der Waals surface area contributed by atoms with Gasteiger partial charge in [0.1, 0.15) is 73.1 Å². The first-order valence-corrected chi connectivity index (χ1v) is 13.1. The molecule has 42 heavy (non-hydrogen) atoms. The molecule has 3 aliphatic heterocycles. The molecule has 3 fully saturated rings. The number of nitrogens with two attached hydrogens (primary N) is 1. The Morgan fingerprint density at radius 3 is 1.88 bits per heavy atom. The predicted molar refractivity (Wildman–Crippen MR) is 134 cm³/mol. The van der Waals surface area contributed by atoms with E-state index in [1.165, 1.54) is 14.0 Å². The molecule has 0 aromatic carbocycles. The molecule has 0 aromatic rings. The van der Waals surface area contributed by atoms with Crippen molar-refractivity contribution >= 4 is 11.8 Å². The topological polar surface area (TPSA) is 294 Å². The van der Waals surface area contributed by atoms with E-state index in [-0.39, 0.29) is 5.90 Å².